The summed E-state index contributed by atoms with van der Waals surface area (Å²) in [5.74, 6) is 0.297. The fraction of sp³-hybridized carbons (Fsp3) is 0.423. The highest BCUT2D eigenvalue weighted by molar-refractivity contribution is 5.79. The van der Waals surface area contributed by atoms with Gasteiger partial charge >= 0.3 is 6.09 Å². The average molecular weight is 449 g/mol. The summed E-state index contributed by atoms with van der Waals surface area (Å²) < 4.78 is 7.43. The first-order valence-electron chi connectivity index (χ1n) is 11.7. The molecule has 0 spiro atoms. The molecule has 7 nitrogen and oxygen atoms in total. The number of fused-ring (bicyclic) bond motifs is 1. The van der Waals surface area contributed by atoms with Crippen LogP contribution in [-0.2, 0) is 22.6 Å². The lowest BCUT2D eigenvalue weighted by Gasteiger charge is -2.30. The van der Waals surface area contributed by atoms with Crippen LogP contribution in [0.4, 0.5) is 4.79 Å². The van der Waals surface area contributed by atoms with Gasteiger partial charge in [0.25, 0.3) is 0 Å². The largest absolute Gasteiger partial charge is 0.449 e. The first-order chi connectivity index (χ1) is 16.0. The number of hydrogen-bond donors (Lipinski definition) is 1. The molecule has 1 aliphatic heterocycles. The lowest BCUT2D eigenvalue weighted by Crippen LogP contribution is -2.43. The summed E-state index contributed by atoms with van der Waals surface area (Å²) in [6.07, 6.45) is 2.92. The molecular formula is C26H32N4O3. The van der Waals surface area contributed by atoms with Gasteiger partial charge in [-0.3, -0.25) is 4.79 Å². The quantitative estimate of drug-likeness (QED) is 0.588. The van der Waals surface area contributed by atoms with E-state index in [1.54, 1.807) is 4.90 Å². The maximum Gasteiger partial charge on any atom is 0.409 e. The highest BCUT2D eigenvalue weighted by Crippen LogP contribution is 2.19. The lowest BCUT2D eigenvalue weighted by atomic mass is 9.96. The number of rotatable bonds is 7. The van der Waals surface area contributed by atoms with Gasteiger partial charge in [0, 0.05) is 32.1 Å². The number of amides is 2. The molecule has 1 aromatic heterocycles. The molecule has 1 fully saturated rings. The molecule has 1 saturated heterocycles. The number of carbonyl (C=O) groups is 2. The third kappa shape index (κ3) is 5.92. The summed E-state index contributed by atoms with van der Waals surface area (Å²) in [5.41, 5.74) is 4.33. The highest BCUT2D eigenvalue weighted by Gasteiger charge is 2.28. The molecule has 2 aromatic carbocycles. The van der Waals surface area contributed by atoms with Crippen LogP contribution in [0.3, 0.4) is 0 Å². The second-order valence-corrected chi connectivity index (χ2v) is 9.13. The van der Waals surface area contributed by atoms with Crippen molar-refractivity contribution in [1.82, 2.24) is 19.8 Å². The molecule has 0 saturated carbocycles. The van der Waals surface area contributed by atoms with Crippen molar-refractivity contribution in [3.05, 3.63) is 66.0 Å². The molecule has 0 unspecified atom stereocenters. The van der Waals surface area contributed by atoms with Crippen LogP contribution in [0.1, 0.15) is 37.8 Å². The number of benzene rings is 2. The molecule has 1 N–H and O–H groups in total. The van der Waals surface area contributed by atoms with Gasteiger partial charge in [-0.25, -0.2) is 9.78 Å². The number of nitrogens with zero attached hydrogens (tertiary/aromatic N) is 3. The number of piperidine rings is 1. The van der Waals surface area contributed by atoms with E-state index < -0.39 is 0 Å². The number of ether oxygens (including phenoxy) is 1. The first-order valence-corrected chi connectivity index (χ1v) is 11.7. The molecule has 1 aliphatic rings. The molecule has 0 atom stereocenters. The number of nitrogens with one attached hydrogen (secondary N) is 1. The predicted molar refractivity (Wildman–Crippen MR) is 128 cm³/mol. The lowest BCUT2D eigenvalue weighted by molar-refractivity contribution is -0.126. The smallest absolute Gasteiger partial charge is 0.409 e. The van der Waals surface area contributed by atoms with Gasteiger partial charge in [-0.15, -0.1) is 0 Å². The SMILES string of the molecule is CC(C)COC(=O)N1CCC(C(=O)NCc2cccc(Cn3cnc4ccccc43)c2)CC1. The summed E-state index contributed by atoms with van der Waals surface area (Å²) in [6.45, 7) is 6.79. The third-order valence-electron chi connectivity index (χ3n) is 6.00. The van der Waals surface area contributed by atoms with Gasteiger partial charge in [-0.05, 0) is 42.0 Å². The van der Waals surface area contributed by atoms with Crippen molar-refractivity contribution >= 4 is 23.0 Å². The minimum absolute atomic E-state index is 0.0520. The van der Waals surface area contributed by atoms with E-state index in [-0.39, 0.29) is 17.9 Å². The van der Waals surface area contributed by atoms with E-state index in [4.69, 9.17) is 4.74 Å². The Morgan fingerprint density at radius 1 is 1.09 bits per heavy atom. The Hall–Kier alpha value is -3.35. The Bertz CT molecular complexity index is 1100. The van der Waals surface area contributed by atoms with E-state index >= 15 is 0 Å². The number of imidazole rings is 1. The Kier molecular flexibility index (Phi) is 7.27. The zero-order valence-corrected chi connectivity index (χ0v) is 19.4. The Labute approximate surface area is 194 Å². The van der Waals surface area contributed by atoms with Crippen molar-refractivity contribution in [3.63, 3.8) is 0 Å². The van der Waals surface area contributed by atoms with E-state index in [9.17, 15) is 9.59 Å². The van der Waals surface area contributed by atoms with E-state index in [1.807, 2.05) is 50.5 Å². The fourth-order valence-corrected chi connectivity index (χ4v) is 4.16. The second kappa shape index (κ2) is 10.5. The van der Waals surface area contributed by atoms with Gasteiger partial charge < -0.3 is 19.5 Å². The van der Waals surface area contributed by atoms with E-state index in [2.05, 4.69) is 33.1 Å². The molecule has 7 heteroatoms. The van der Waals surface area contributed by atoms with Crippen molar-refractivity contribution in [2.75, 3.05) is 19.7 Å². The maximum atomic E-state index is 12.7. The summed E-state index contributed by atoms with van der Waals surface area (Å²) in [5, 5.41) is 3.08. The summed E-state index contributed by atoms with van der Waals surface area (Å²) in [6, 6.07) is 16.4. The molecule has 2 heterocycles. The zero-order valence-electron chi connectivity index (χ0n) is 19.4. The van der Waals surface area contributed by atoms with Gasteiger partial charge in [-0.1, -0.05) is 50.2 Å². The first kappa shape index (κ1) is 22.8. The van der Waals surface area contributed by atoms with Crippen molar-refractivity contribution in [3.8, 4) is 0 Å². The number of likely N-dealkylation sites (tertiary alicyclic amines) is 1. The maximum absolute atomic E-state index is 12.7. The molecule has 174 valence electrons. The molecule has 0 bridgehead atoms. The van der Waals surface area contributed by atoms with E-state index in [0.717, 1.165) is 28.7 Å². The van der Waals surface area contributed by atoms with Gasteiger partial charge in [-0.2, -0.15) is 0 Å². The minimum atomic E-state index is -0.273. The molecular weight excluding hydrogens is 416 g/mol. The Morgan fingerprint density at radius 3 is 2.64 bits per heavy atom. The van der Waals surface area contributed by atoms with Crippen molar-refractivity contribution < 1.29 is 14.3 Å². The number of carbonyl (C=O) groups excluding carboxylic acids is 2. The van der Waals surface area contributed by atoms with Crippen LogP contribution in [0.25, 0.3) is 11.0 Å². The van der Waals surface area contributed by atoms with Crippen LogP contribution in [-0.4, -0.2) is 46.1 Å². The Balaban J connectivity index is 1.26. The Morgan fingerprint density at radius 2 is 1.85 bits per heavy atom. The van der Waals surface area contributed by atoms with Gasteiger partial charge in [0.2, 0.25) is 5.91 Å². The highest BCUT2D eigenvalue weighted by atomic mass is 16.6. The van der Waals surface area contributed by atoms with Crippen LogP contribution >= 0.6 is 0 Å². The van der Waals surface area contributed by atoms with Crippen molar-refractivity contribution in [2.45, 2.75) is 39.8 Å². The van der Waals surface area contributed by atoms with E-state index in [1.165, 1.54) is 0 Å². The van der Waals surface area contributed by atoms with Crippen LogP contribution < -0.4 is 5.32 Å². The molecule has 2 amide bonds. The van der Waals surface area contributed by atoms with Gasteiger partial charge in [0.15, 0.2) is 0 Å². The summed E-state index contributed by atoms with van der Waals surface area (Å²) >= 11 is 0. The molecule has 0 aliphatic carbocycles. The van der Waals surface area contributed by atoms with E-state index in [0.29, 0.717) is 45.0 Å². The van der Waals surface area contributed by atoms with Crippen LogP contribution in [0, 0.1) is 11.8 Å². The monoisotopic (exact) mass is 448 g/mol. The van der Waals surface area contributed by atoms with Gasteiger partial charge in [0.1, 0.15) is 0 Å². The predicted octanol–water partition coefficient (Wildman–Crippen LogP) is 4.21. The number of hydrogen-bond acceptors (Lipinski definition) is 4. The normalized spacial score (nSPS) is 14.6. The molecule has 4 rings (SSSR count). The average Bonchev–Trinajstić information content (AvgIpc) is 3.24. The molecule has 3 aromatic rings. The topological polar surface area (TPSA) is 76.5 Å². The molecule has 33 heavy (non-hydrogen) atoms. The third-order valence-corrected chi connectivity index (χ3v) is 6.00. The van der Waals surface area contributed by atoms with Crippen LogP contribution in [0.5, 0.6) is 0 Å². The zero-order chi connectivity index (χ0) is 23.2. The molecule has 0 radical (unpaired) electrons. The van der Waals surface area contributed by atoms with Crippen LogP contribution in [0.15, 0.2) is 54.9 Å². The summed E-state index contributed by atoms with van der Waals surface area (Å²) in [4.78, 5) is 31.0. The fourth-order valence-electron chi connectivity index (χ4n) is 4.16. The van der Waals surface area contributed by atoms with Crippen molar-refractivity contribution in [1.29, 1.82) is 0 Å². The number of para-hydroxylation sites is 2. The second-order valence-electron chi connectivity index (χ2n) is 9.13. The van der Waals surface area contributed by atoms with Gasteiger partial charge in [0.05, 0.1) is 24.0 Å². The standard InChI is InChI=1S/C26H32N4O3/c1-19(2)17-33-26(32)29-12-10-22(11-13-29)25(31)27-15-20-6-5-7-21(14-20)16-30-18-28-23-8-3-4-9-24(23)30/h3-9,14,18-19,22H,10-13,15-17H2,1-2H3,(H,27,31). The van der Waals surface area contributed by atoms with Crippen molar-refractivity contribution in [2.24, 2.45) is 11.8 Å². The number of aromatic nitrogens is 2. The summed E-state index contributed by atoms with van der Waals surface area (Å²) in [7, 11) is 0. The van der Waals surface area contributed by atoms with Crippen LogP contribution in [0.2, 0.25) is 0 Å². The minimum Gasteiger partial charge on any atom is -0.449 e.